The van der Waals surface area contributed by atoms with E-state index in [2.05, 4.69) is 10.5 Å². The lowest BCUT2D eigenvalue weighted by atomic mass is 9.46. The fourth-order valence-electron chi connectivity index (χ4n) is 2.80. The summed E-state index contributed by atoms with van der Waals surface area (Å²) in [6.07, 6.45) is 0.710. The van der Waals surface area contributed by atoms with Crippen molar-refractivity contribution >= 4 is 61.5 Å². The van der Waals surface area contributed by atoms with E-state index in [9.17, 15) is 27.9 Å². The zero-order valence-corrected chi connectivity index (χ0v) is 16.2. The lowest BCUT2D eigenvalue weighted by Crippen LogP contribution is -2.56. The highest BCUT2D eigenvalue weighted by atomic mass is 32.2. The second-order valence-corrected chi connectivity index (χ2v) is 7.94. The first-order chi connectivity index (χ1) is 13.7. The van der Waals surface area contributed by atoms with Gasteiger partial charge in [0.1, 0.15) is 17.8 Å². The Hall–Kier alpha value is -2.24. The SMILES string of the molecule is N[B][B]C(=O)N[B]C(NC(=O)C1CCCN1S(=O)(=O)[B]c1ccccc1)C(=O)O. The summed E-state index contributed by atoms with van der Waals surface area (Å²) in [6.45, 7) is 1.21. The van der Waals surface area contributed by atoms with Crippen LogP contribution in [0.1, 0.15) is 12.8 Å². The average Bonchev–Trinajstić information content (AvgIpc) is 3.16. The van der Waals surface area contributed by atoms with Crippen molar-refractivity contribution in [3.05, 3.63) is 30.3 Å². The number of aliphatic carboxylic acids is 1. The predicted molar refractivity (Wildman–Crippen MR) is 110 cm³/mol. The molecule has 2 amide bonds. The van der Waals surface area contributed by atoms with E-state index < -0.39 is 39.5 Å². The Morgan fingerprint density at radius 2 is 1.93 bits per heavy atom. The van der Waals surface area contributed by atoms with Crippen molar-refractivity contribution < 1.29 is 27.9 Å². The number of nitrogens with zero attached hydrogens (tertiary/aromatic N) is 1. The molecular weight excluding hydrogens is 395 g/mol. The summed E-state index contributed by atoms with van der Waals surface area (Å²) in [5.41, 5.74) is 5.53. The largest absolute Gasteiger partial charge is 0.480 e. The number of rotatable bonds is 10. The summed E-state index contributed by atoms with van der Waals surface area (Å²) in [5.74, 6) is -4.39. The molecule has 0 spiro atoms. The standard InChI is InChI=1S/C14H18B4N4O6S/c19-18-15-14(26)21-16-11(13(24)25)20-12(23)10-7-4-8-22(10)29(27,28)17-9-5-2-1-3-6-9/h1-3,5-6,10-11H,4,7-8,19H2,(H,20,23)(H,21,26)(H,24,25). The summed E-state index contributed by atoms with van der Waals surface area (Å²) in [7, 11) is -1.07. The van der Waals surface area contributed by atoms with Gasteiger partial charge in [0.2, 0.25) is 13.1 Å². The van der Waals surface area contributed by atoms with E-state index in [1.807, 2.05) is 0 Å². The van der Waals surface area contributed by atoms with Gasteiger partial charge >= 0.3 is 12.5 Å². The zero-order valence-electron chi connectivity index (χ0n) is 15.4. The Morgan fingerprint density at radius 1 is 1.24 bits per heavy atom. The van der Waals surface area contributed by atoms with E-state index in [0.29, 0.717) is 11.9 Å². The fraction of sp³-hybridized carbons (Fsp3) is 0.357. The van der Waals surface area contributed by atoms with Crippen LogP contribution < -0.4 is 21.7 Å². The normalized spacial score (nSPS) is 17.6. The molecule has 148 valence electrons. The number of hydrogen-bond donors (Lipinski definition) is 4. The Bertz CT molecular complexity index is 844. The molecule has 29 heavy (non-hydrogen) atoms. The van der Waals surface area contributed by atoms with Crippen LogP contribution in [-0.2, 0) is 19.5 Å². The molecule has 2 unspecified atom stereocenters. The molecule has 1 saturated heterocycles. The molecular formula is C14H18B4N4O6S. The molecule has 10 nitrogen and oxygen atoms in total. The number of carbonyl (C=O) groups excluding carboxylic acids is 2. The highest BCUT2D eigenvalue weighted by Crippen LogP contribution is 2.21. The molecule has 15 heteroatoms. The minimum Gasteiger partial charge on any atom is -0.480 e. The molecule has 0 aromatic heterocycles. The number of carbonyl (C=O) groups is 3. The van der Waals surface area contributed by atoms with E-state index >= 15 is 0 Å². The van der Waals surface area contributed by atoms with Crippen molar-refractivity contribution in [1.29, 1.82) is 0 Å². The van der Waals surface area contributed by atoms with Crippen LogP contribution in [-0.4, -0.2) is 82.5 Å². The maximum Gasteiger partial charge on any atom is 0.338 e. The lowest BCUT2D eigenvalue weighted by Gasteiger charge is -2.25. The second-order valence-electron chi connectivity index (χ2n) is 6.20. The van der Waals surface area contributed by atoms with Gasteiger partial charge in [-0.15, -0.1) is 0 Å². The predicted octanol–water partition coefficient (Wildman–Crippen LogP) is -3.22. The van der Waals surface area contributed by atoms with Crippen molar-refractivity contribution in [3.63, 3.8) is 0 Å². The fourth-order valence-corrected chi connectivity index (χ4v) is 4.38. The molecule has 0 saturated carbocycles. The van der Waals surface area contributed by atoms with Gasteiger partial charge in [-0.05, 0) is 12.8 Å². The Balaban J connectivity index is 2.04. The average molecular weight is 414 g/mol. The van der Waals surface area contributed by atoms with Gasteiger partial charge in [0.15, 0.2) is 17.2 Å². The van der Waals surface area contributed by atoms with E-state index in [1.165, 1.54) is 0 Å². The third kappa shape index (κ3) is 6.65. The maximum absolute atomic E-state index is 12.7. The van der Waals surface area contributed by atoms with Crippen molar-refractivity contribution in [2.45, 2.75) is 24.8 Å². The zero-order chi connectivity index (χ0) is 21.4. The summed E-state index contributed by atoms with van der Waals surface area (Å²) in [4.78, 5) is 35.3. The summed E-state index contributed by atoms with van der Waals surface area (Å²) in [6, 6.07) is 7.33. The quantitative estimate of drug-likeness (QED) is 0.294. The number of amides is 2. The molecule has 2 rings (SSSR count). The maximum atomic E-state index is 12.7. The van der Waals surface area contributed by atoms with Crippen LogP contribution >= 0.6 is 0 Å². The Morgan fingerprint density at radius 3 is 2.55 bits per heavy atom. The molecule has 1 aromatic carbocycles. The lowest BCUT2D eigenvalue weighted by molar-refractivity contribution is -0.139. The molecule has 1 heterocycles. The van der Waals surface area contributed by atoms with Gasteiger partial charge in [0.25, 0.3) is 7.41 Å². The van der Waals surface area contributed by atoms with Crippen LogP contribution in [0, 0.1) is 0 Å². The molecule has 0 aliphatic carbocycles. The van der Waals surface area contributed by atoms with E-state index in [-0.39, 0.29) is 13.0 Å². The van der Waals surface area contributed by atoms with Gasteiger partial charge < -0.3 is 21.3 Å². The first kappa shape index (κ1) is 23.0. The first-order valence-electron chi connectivity index (χ1n) is 8.71. The van der Waals surface area contributed by atoms with Gasteiger partial charge in [-0.1, -0.05) is 35.8 Å². The highest BCUT2D eigenvalue weighted by Gasteiger charge is 2.40. The van der Waals surface area contributed by atoms with Gasteiger partial charge in [0.05, 0.1) is 0 Å². The number of carboxylic acid groups (broad SMARTS) is 1. The Kier molecular flexibility index (Phi) is 8.35. The van der Waals surface area contributed by atoms with Crippen LogP contribution in [0.3, 0.4) is 0 Å². The number of carboxylic acids is 1. The molecule has 1 aliphatic heterocycles. The third-order valence-corrected chi connectivity index (χ3v) is 5.78. The first-order valence-corrected chi connectivity index (χ1v) is 10.2. The van der Waals surface area contributed by atoms with Crippen molar-refractivity contribution in [3.8, 4) is 0 Å². The van der Waals surface area contributed by atoms with Gasteiger partial charge in [0, 0.05) is 6.54 Å². The summed E-state index contributed by atoms with van der Waals surface area (Å²) < 4.78 is 26.5. The van der Waals surface area contributed by atoms with E-state index in [1.54, 1.807) is 30.3 Å². The van der Waals surface area contributed by atoms with Crippen molar-refractivity contribution in [2.75, 3.05) is 6.54 Å². The van der Waals surface area contributed by atoms with Gasteiger partial charge in [-0.3, -0.25) is 14.4 Å². The number of benzene rings is 1. The smallest absolute Gasteiger partial charge is 0.338 e. The van der Waals surface area contributed by atoms with Crippen LogP contribution in [0.2, 0.25) is 0 Å². The van der Waals surface area contributed by atoms with E-state index in [4.69, 9.17) is 5.64 Å². The van der Waals surface area contributed by atoms with Gasteiger partial charge in [-0.2, -0.15) is 4.31 Å². The summed E-state index contributed by atoms with van der Waals surface area (Å²) in [5, 5.41) is 13.7. The third-order valence-electron chi connectivity index (χ3n) is 4.12. The topological polar surface area (TPSA) is 159 Å². The summed E-state index contributed by atoms with van der Waals surface area (Å²) >= 11 is 0. The van der Waals surface area contributed by atoms with Crippen molar-refractivity contribution in [1.82, 2.24) is 14.8 Å². The number of nitrogens with two attached hydrogens (primary N) is 1. The van der Waals surface area contributed by atoms with Crippen LogP contribution in [0.5, 0.6) is 0 Å². The van der Waals surface area contributed by atoms with Crippen LogP contribution in [0.4, 0.5) is 4.79 Å². The molecule has 0 bridgehead atoms. The van der Waals surface area contributed by atoms with Crippen molar-refractivity contribution in [2.24, 2.45) is 5.64 Å². The number of nitrogens with one attached hydrogen (secondary N) is 2. The number of hydrogen-bond acceptors (Lipinski definition) is 6. The Labute approximate surface area is 171 Å². The van der Waals surface area contributed by atoms with Gasteiger partial charge in [-0.25, -0.2) is 8.42 Å². The minimum atomic E-state index is -3.90. The molecule has 5 N–H and O–H groups in total. The molecule has 2 atom stereocenters. The molecule has 1 aromatic rings. The second kappa shape index (κ2) is 10.5. The highest BCUT2D eigenvalue weighted by molar-refractivity contribution is 8.14. The molecule has 1 aliphatic rings. The molecule has 1 fully saturated rings. The monoisotopic (exact) mass is 414 g/mol. The van der Waals surface area contributed by atoms with Crippen LogP contribution in [0.15, 0.2) is 30.3 Å². The minimum absolute atomic E-state index is 0.142. The van der Waals surface area contributed by atoms with E-state index in [0.717, 1.165) is 32.8 Å². The molecule has 4 radical (unpaired) electrons. The van der Waals surface area contributed by atoms with Crippen LogP contribution in [0.25, 0.3) is 0 Å².